The second-order valence-electron chi connectivity index (χ2n) is 6.47. The lowest BCUT2D eigenvalue weighted by Crippen LogP contribution is -2.38. The molecule has 1 heterocycles. The molecular formula is C18H27N3O4. The van der Waals surface area contributed by atoms with Crippen LogP contribution in [0.5, 0.6) is 0 Å². The first kappa shape index (κ1) is 19.1. The molecule has 138 valence electrons. The third-order valence-electron chi connectivity index (χ3n) is 4.32. The van der Waals surface area contributed by atoms with Crippen LogP contribution < -0.4 is 10.9 Å². The van der Waals surface area contributed by atoms with Crippen molar-refractivity contribution in [2.45, 2.75) is 70.9 Å². The van der Waals surface area contributed by atoms with Crippen LogP contribution in [0.3, 0.4) is 0 Å². The highest BCUT2D eigenvalue weighted by atomic mass is 16.5. The number of hydrogen-bond donors (Lipinski definition) is 1. The second kappa shape index (κ2) is 9.96. The van der Waals surface area contributed by atoms with Crippen LogP contribution in [-0.2, 0) is 16.1 Å². The van der Waals surface area contributed by atoms with Gasteiger partial charge in [-0.05, 0) is 25.3 Å². The zero-order valence-electron chi connectivity index (χ0n) is 14.8. The van der Waals surface area contributed by atoms with Crippen LogP contribution in [0.25, 0.3) is 0 Å². The molecule has 25 heavy (non-hydrogen) atoms. The average molecular weight is 349 g/mol. The number of hydrogen-bond acceptors (Lipinski definition) is 5. The average Bonchev–Trinajstić information content (AvgIpc) is 2.57. The van der Waals surface area contributed by atoms with E-state index >= 15 is 0 Å². The summed E-state index contributed by atoms with van der Waals surface area (Å²) < 4.78 is 6.26. The minimum atomic E-state index is -0.697. The standard InChI is InChI=1S/C18H27N3O4/c1-2-12-21-17(23)11-10-15(20-21)18(24)25-13-16(22)19-14-8-6-4-3-5-7-9-14/h10-11,14H,2-9,12-13H2,1H3,(H,19,22). The number of nitrogens with zero attached hydrogens (tertiary/aromatic N) is 2. The summed E-state index contributed by atoms with van der Waals surface area (Å²) in [5.74, 6) is -0.988. The molecule has 1 fully saturated rings. The molecule has 1 aromatic heterocycles. The minimum Gasteiger partial charge on any atom is -0.451 e. The van der Waals surface area contributed by atoms with Crippen molar-refractivity contribution in [2.75, 3.05) is 6.61 Å². The molecule has 0 radical (unpaired) electrons. The third-order valence-corrected chi connectivity index (χ3v) is 4.32. The Kier molecular flexibility index (Phi) is 7.63. The van der Waals surface area contributed by atoms with Crippen molar-refractivity contribution in [2.24, 2.45) is 0 Å². The van der Waals surface area contributed by atoms with Gasteiger partial charge in [-0.15, -0.1) is 0 Å². The summed E-state index contributed by atoms with van der Waals surface area (Å²) in [4.78, 5) is 35.6. The molecule has 1 saturated carbocycles. The van der Waals surface area contributed by atoms with Crippen molar-refractivity contribution >= 4 is 11.9 Å². The number of carbonyl (C=O) groups excluding carboxylic acids is 2. The molecule has 1 aromatic rings. The first-order chi connectivity index (χ1) is 12.1. The van der Waals surface area contributed by atoms with Crippen LogP contribution in [0.2, 0.25) is 0 Å². The number of nitrogens with one attached hydrogen (secondary N) is 1. The molecular weight excluding hydrogens is 322 g/mol. The van der Waals surface area contributed by atoms with Crippen molar-refractivity contribution in [1.29, 1.82) is 0 Å². The van der Waals surface area contributed by atoms with Gasteiger partial charge in [0.2, 0.25) is 0 Å². The van der Waals surface area contributed by atoms with Crippen LogP contribution in [0, 0.1) is 0 Å². The van der Waals surface area contributed by atoms with Crippen molar-refractivity contribution < 1.29 is 14.3 Å². The van der Waals surface area contributed by atoms with E-state index in [0.29, 0.717) is 6.54 Å². The van der Waals surface area contributed by atoms with Crippen molar-refractivity contribution in [3.05, 3.63) is 28.2 Å². The number of rotatable bonds is 6. The van der Waals surface area contributed by atoms with E-state index in [0.717, 1.165) is 32.1 Å². The Morgan fingerprint density at radius 3 is 2.56 bits per heavy atom. The van der Waals surface area contributed by atoms with Gasteiger partial charge in [0, 0.05) is 18.7 Å². The molecule has 0 aromatic carbocycles. The monoisotopic (exact) mass is 349 g/mol. The van der Waals surface area contributed by atoms with Crippen LogP contribution in [0.15, 0.2) is 16.9 Å². The molecule has 0 bridgehead atoms. The van der Waals surface area contributed by atoms with E-state index in [1.807, 2.05) is 6.92 Å². The van der Waals surface area contributed by atoms with Gasteiger partial charge in [-0.25, -0.2) is 9.48 Å². The van der Waals surface area contributed by atoms with Gasteiger partial charge < -0.3 is 10.1 Å². The van der Waals surface area contributed by atoms with Crippen molar-refractivity contribution in [1.82, 2.24) is 15.1 Å². The van der Waals surface area contributed by atoms with E-state index in [1.54, 1.807) is 0 Å². The number of aromatic nitrogens is 2. The molecule has 1 amide bonds. The molecule has 0 aliphatic heterocycles. The maximum absolute atomic E-state index is 12.0. The highest BCUT2D eigenvalue weighted by molar-refractivity contribution is 5.89. The summed E-state index contributed by atoms with van der Waals surface area (Å²) in [6.45, 7) is 2.02. The van der Waals surface area contributed by atoms with E-state index in [2.05, 4.69) is 10.4 Å². The summed E-state index contributed by atoms with van der Waals surface area (Å²) in [5.41, 5.74) is -0.229. The first-order valence-electron chi connectivity index (χ1n) is 9.15. The zero-order chi connectivity index (χ0) is 18.1. The normalized spacial score (nSPS) is 15.9. The smallest absolute Gasteiger partial charge is 0.359 e. The van der Waals surface area contributed by atoms with Crippen molar-refractivity contribution in [3.63, 3.8) is 0 Å². The molecule has 0 unspecified atom stereocenters. The van der Waals surface area contributed by atoms with Gasteiger partial charge in [-0.3, -0.25) is 9.59 Å². The van der Waals surface area contributed by atoms with E-state index in [-0.39, 0.29) is 29.8 Å². The predicted molar refractivity (Wildman–Crippen MR) is 93.3 cm³/mol. The molecule has 2 rings (SSSR count). The summed E-state index contributed by atoms with van der Waals surface area (Å²) in [6.07, 6.45) is 8.61. The fraction of sp³-hybridized carbons (Fsp3) is 0.667. The van der Waals surface area contributed by atoms with Gasteiger partial charge >= 0.3 is 5.97 Å². The van der Waals surface area contributed by atoms with Gasteiger partial charge in [-0.1, -0.05) is 39.0 Å². The van der Waals surface area contributed by atoms with Crippen molar-refractivity contribution in [3.8, 4) is 0 Å². The maximum Gasteiger partial charge on any atom is 0.359 e. The summed E-state index contributed by atoms with van der Waals surface area (Å²) in [5, 5.41) is 6.92. The quantitative estimate of drug-likeness (QED) is 0.794. The first-order valence-corrected chi connectivity index (χ1v) is 9.15. The predicted octanol–water partition coefficient (Wildman–Crippen LogP) is 2.04. The van der Waals surface area contributed by atoms with Gasteiger partial charge in [-0.2, -0.15) is 5.10 Å². The summed E-state index contributed by atoms with van der Waals surface area (Å²) in [7, 11) is 0. The fourth-order valence-electron chi connectivity index (χ4n) is 3.00. The SMILES string of the molecule is CCCn1nc(C(=O)OCC(=O)NC2CCCCCCC2)ccc1=O. The Labute approximate surface area is 147 Å². The Morgan fingerprint density at radius 2 is 1.88 bits per heavy atom. The lowest BCUT2D eigenvalue weighted by molar-refractivity contribution is -0.125. The number of ether oxygens (including phenoxy) is 1. The molecule has 1 N–H and O–H groups in total. The third kappa shape index (κ3) is 6.32. The lowest BCUT2D eigenvalue weighted by Gasteiger charge is -2.20. The van der Waals surface area contributed by atoms with Gasteiger partial charge in [0.05, 0.1) is 0 Å². The molecule has 0 spiro atoms. The topological polar surface area (TPSA) is 90.3 Å². The van der Waals surface area contributed by atoms with Crippen LogP contribution in [0.4, 0.5) is 0 Å². The second-order valence-corrected chi connectivity index (χ2v) is 6.47. The van der Waals surface area contributed by atoms with Gasteiger partial charge in [0.15, 0.2) is 12.3 Å². The lowest BCUT2D eigenvalue weighted by atomic mass is 9.97. The summed E-state index contributed by atoms with van der Waals surface area (Å²) in [6, 6.07) is 2.77. The van der Waals surface area contributed by atoms with Gasteiger partial charge in [0.25, 0.3) is 11.5 Å². The van der Waals surface area contributed by atoms with E-state index < -0.39 is 5.97 Å². The number of aryl methyl sites for hydroxylation is 1. The number of carbonyl (C=O) groups is 2. The molecule has 7 nitrogen and oxygen atoms in total. The van der Waals surface area contributed by atoms with Gasteiger partial charge in [0.1, 0.15) is 0 Å². The zero-order valence-corrected chi connectivity index (χ0v) is 14.8. The fourth-order valence-corrected chi connectivity index (χ4v) is 3.00. The Balaban J connectivity index is 1.83. The van der Waals surface area contributed by atoms with Crippen LogP contribution >= 0.6 is 0 Å². The highest BCUT2D eigenvalue weighted by Crippen LogP contribution is 2.16. The maximum atomic E-state index is 12.0. The molecule has 7 heteroatoms. The molecule has 1 aliphatic carbocycles. The molecule has 0 saturated heterocycles. The van der Waals surface area contributed by atoms with E-state index in [9.17, 15) is 14.4 Å². The van der Waals surface area contributed by atoms with E-state index in [1.165, 1.54) is 36.1 Å². The van der Waals surface area contributed by atoms with Crippen LogP contribution in [0.1, 0.15) is 68.8 Å². The molecule has 1 aliphatic rings. The van der Waals surface area contributed by atoms with E-state index in [4.69, 9.17) is 4.74 Å². The largest absolute Gasteiger partial charge is 0.451 e. The number of esters is 1. The number of amides is 1. The minimum absolute atomic E-state index is 0.0341. The van der Waals surface area contributed by atoms with Crippen LogP contribution in [-0.4, -0.2) is 34.3 Å². The molecule has 0 atom stereocenters. The highest BCUT2D eigenvalue weighted by Gasteiger charge is 2.17. The Morgan fingerprint density at radius 1 is 1.20 bits per heavy atom. The summed E-state index contributed by atoms with van der Waals surface area (Å²) >= 11 is 0. The Bertz CT molecular complexity index is 633. The Hall–Kier alpha value is -2.18.